The third-order valence-corrected chi connectivity index (χ3v) is 4.03. The molecule has 0 bridgehead atoms. The number of rotatable bonds is 7. The van der Waals surface area contributed by atoms with Gasteiger partial charge in [-0.3, -0.25) is 9.59 Å². The lowest BCUT2D eigenvalue weighted by Gasteiger charge is -2.17. The number of hydrogen-bond acceptors (Lipinski definition) is 5. The van der Waals surface area contributed by atoms with Crippen LogP contribution in [0.4, 0.5) is 18.9 Å². The molecule has 0 aromatic heterocycles. The summed E-state index contributed by atoms with van der Waals surface area (Å²) in [6.07, 6.45) is -5.76. The predicted octanol–water partition coefficient (Wildman–Crippen LogP) is 3.92. The Morgan fingerprint density at radius 2 is 1.86 bits per heavy atom. The molecule has 2 aromatic rings. The minimum absolute atomic E-state index is 0.0746. The number of carbonyl (C=O) groups excluding carboxylic acids is 2. The SMILES string of the molecule is COc1ccc(CCC(=O)OC(C)C(=O)Nc2ccccc2C(F)(F)F)cc1O. The fourth-order valence-corrected chi connectivity index (χ4v) is 2.52. The van der Waals surface area contributed by atoms with Gasteiger partial charge in [-0.1, -0.05) is 18.2 Å². The maximum Gasteiger partial charge on any atom is 0.418 e. The summed E-state index contributed by atoms with van der Waals surface area (Å²) in [5.41, 5.74) is -0.760. The van der Waals surface area contributed by atoms with E-state index in [9.17, 15) is 27.9 Å². The van der Waals surface area contributed by atoms with E-state index in [0.717, 1.165) is 12.1 Å². The van der Waals surface area contributed by atoms with Crippen LogP contribution in [0.5, 0.6) is 11.5 Å². The van der Waals surface area contributed by atoms with E-state index in [-0.39, 0.29) is 18.6 Å². The van der Waals surface area contributed by atoms with Crippen LogP contribution in [-0.4, -0.2) is 30.2 Å². The van der Waals surface area contributed by atoms with E-state index < -0.39 is 35.4 Å². The Morgan fingerprint density at radius 3 is 2.48 bits per heavy atom. The first kappa shape index (κ1) is 22.1. The lowest BCUT2D eigenvalue weighted by Crippen LogP contribution is -2.30. The van der Waals surface area contributed by atoms with Crippen LogP contribution in [-0.2, 0) is 26.9 Å². The van der Waals surface area contributed by atoms with Crippen molar-refractivity contribution in [2.24, 2.45) is 0 Å². The van der Waals surface area contributed by atoms with Crippen molar-refractivity contribution in [3.63, 3.8) is 0 Å². The molecule has 9 heteroatoms. The van der Waals surface area contributed by atoms with E-state index in [4.69, 9.17) is 9.47 Å². The summed E-state index contributed by atoms with van der Waals surface area (Å²) in [6.45, 7) is 1.27. The normalized spacial score (nSPS) is 12.2. The standard InChI is InChI=1S/C20H20F3NO5/c1-12(19(27)24-15-6-4-3-5-14(15)20(21,22)23)29-18(26)10-8-13-7-9-17(28-2)16(25)11-13/h3-7,9,11-12,25H,8,10H2,1-2H3,(H,24,27). The van der Waals surface area contributed by atoms with Gasteiger partial charge in [-0.2, -0.15) is 13.2 Å². The second kappa shape index (κ2) is 9.31. The number of amides is 1. The number of alkyl halides is 3. The van der Waals surface area contributed by atoms with E-state index >= 15 is 0 Å². The number of esters is 1. The van der Waals surface area contributed by atoms with E-state index in [1.54, 1.807) is 12.1 Å². The maximum atomic E-state index is 13.0. The first-order valence-corrected chi connectivity index (χ1v) is 8.64. The quantitative estimate of drug-likeness (QED) is 0.675. The highest BCUT2D eigenvalue weighted by Crippen LogP contribution is 2.34. The Balaban J connectivity index is 1.91. The number of ether oxygens (including phenoxy) is 2. The van der Waals surface area contributed by atoms with E-state index in [1.165, 1.54) is 32.2 Å². The molecule has 2 N–H and O–H groups in total. The minimum Gasteiger partial charge on any atom is -0.504 e. The Labute approximate surface area is 165 Å². The number of aromatic hydroxyl groups is 1. The number of hydrogen-bond donors (Lipinski definition) is 2. The number of phenolic OH excluding ortho intramolecular Hbond substituents is 1. The molecule has 156 valence electrons. The number of benzene rings is 2. The van der Waals surface area contributed by atoms with Gasteiger partial charge in [0.05, 0.1) is 18.4 Å². The molecule has 2 aromatic carbocycles. The van der Waals surface area contributed by atoms with Crippen LogP contribution in [0.15, 0.2) is 42.5 Å². The second-order valence-corrected chi connectivity index (χ2v) is 6.17. The van der Waals surface area contributed by atoms with Crippen molar-refractivity contribution in [2.45, 2.75) is 32.0 Å². The number of methoxy groups -OCH3 is 1. The molecule has 0 spiro atoms. The fourth-order valence-electron chi connectivity index (χ4n) is 2.52. The van der Waals surface area contributed by atoms with Crippen molar-refractivity contribution in [3.8, 4) is 11.5 Å². The van der Waals surface area contributed by atoms with Crippen LogP contribution in [0.2, 0.25) is 0 Å². The molecule has 0 fully saturated rings. The molecule has 6 nitrogen and oxygen atoms in total. The molecule has 0 aliphatic rings. The van der Waals surface area contributed by atoms with Gasteiger partial charge >= 0.3 is 12.1 Å². The molecule has 0 saturated carbocycles. The zero-order valence-corrected chi connectivity index (χ0v) is 15.7. The molecule has 29 heavy (non-hydrogen) atoms. The van der Waals surface area contributed by atoms with Crippen molar-refractivity contribution in [1.82, 2.24) is 0 Å². The van der Waals surface area contributed by atoms with Crippen LogP contribution in [0, 0.1) is 0 Å². The largest absolute Gasteiger partial charge is 0.504 e. The van der Waals surface area contributed by atoms with Crippen molar-refractivity contribution in [1.29, 1.82) is 0 Å². The molecule has 0 radical (unpaired) electrons. The number of halogens is 3. The Hall–Kier alpha value is -3.23. The predicted molar refractivity (Wildman–Crippen MR) is 98.6 cm³/mol. The molecule has 1 atom stereocenters. The molecule has 0 aliphatic carbocycles. The number of nitrogens with one attached hydrogen (secondary N) is 1. The van der Waals surface area contributed by atoms with Crippen LogP contribution < -0.4 is 10.1 Å². The first-order chi connectivity index (χ1) is 13.6. The van der Waals surface area contributed by atoms with Crippen LogP contribution >= 0.6 is 0 Å². The third-order valence-electron chi connectivity index (χ3n) is 4.03. The highest BCUT2D eigenvalue weighted by molar-refractivity contribution is 5.95. The van der Waals surface area contributed by atoms with Gasteiger partial charge in [-0.05, 0) is 43.2 Å². The molecular formula is C20H20F3NO5. The Bertz CT molecular complexity index is 883. The first-order valence-electron chi connectivity index (χ1n) is 8.64. The zero-order valence-electron chi connectivity index (χ0n) is 15.7. The van der Waals surface area contributed by atoms with Gasteiger partial charge in [-0.15, -0.1) is 0 Å². The summed E-state index contributed by atoms with van der Waals surface area (Å²) in [5.74, 6) is -1.36. The zero-order chi connectivity index (χ0) is 21.6. The average molecular weight is 411 g/mol. The lowest BCUT2D eigenvalue weighted by molar-refractivity contribution is -0.153. The fraction of sp³-hybridized carbons (Fsp3) is 0.300. The number of para-hydroxylation sites is 1. The molecule has 0 aliphatic heterocycles. The van der Waals surface area contributed by atoms with Crippen molar-refractivity contribution in [2.75, 3.05) is 12.4 Å². The van der Waals surface area contributed by atoms with Gasteiger partial charge in [0.15, 0.2) is 17.6 Å². The summed E-state index contributed by atoms with van der Waals surface area (Å²) in [5, 5.41) is 11.9. The van der Waals surface area contributed by atoms with Gasteiger partial charge in [0.25, 0.3) is 5.91 Å². The van der Waals surface area contributed by atoms with Crippen molar-refractivity contribution < 1.29 is 37.3 Å². The highest BCUT2D eigenvalue weighted by atomic mass is 19.4. The summed E-state index contributed by atoms with van der Waals surface area (Å²) in [4.78, 5) is 24.1. The topological polar surface area (TPSA) is 84.9 Å². The molecule has 2 rings (SSSR count). The number of carbonyl (C=O) groups is 2. The average Bonchev–Trinajstić information content (AvgIpc) is 2.66. The third kappa shape index (κ3) is 6.13. The van der Waals surface area contributed by atoms with Crippen molar-refractivity contribution in [3.05, 3.63) is 53.6 Å². The summed E-state index contributed by atoms with van der Waals surface area (Å²) >= 11 is 0. The Kier molecular flexibility index (Phi) is 7.08. The van der Waals surface area contributed by atoms with Crippen LogP contribution in [0.25, 0.3) is 0 Å². The van der Waals surface area contributed by atoms with Gasteiger partial charge in [0, 0.05) is 6.42 Å². The summed E-state index contributed by atoms with van der Waals surface area (Å²) in [6, 6.07) is 9.17. The van der Waals surface area contributed by atoms with Crippen molar-refractivity contribution >= 4 is 17.6 Å². The van der Waals surface area contributed by atoms with Gasteiger partial charge < -0.3 is 19.9 Å². The van der Waals surface area contributed by atoms with Crippen LogP contribution in [0.1, 0.15) is 24.5 Å². The van der Waals surface area contributed by atoms with Gasteiger partial charge in [0.1, 0.15) is 0 Å². The number of anilines is 1. The van der Waals surface area contributed by atoms with E-state index in [0.29, 0.717) is 11.3 Å². The Morgan fingerprint density at radius 1 is 1.17 bits per heavy atom. The van der Waals surface area contributed by atoms with E-state index in [1.807, 2.05) is 0 Å². The molecule has 0 saturated heterocycles. The van der Waals surface area contributed by atoms with Crippen LogP contribution in [0.3, 0.4) is 0 Å². The number of aryl methyl sites for hydroxylation is 1. The minimum atomic E-state index is -4.63. The highest BCUT2D eigenvalue weighted by Gasteiger charge is 2.34. The molecular weight excluding hydrogens is 391 g/mol. The molecule has 0 heterocycles. The molecule has 1 unspecified atom stereocenters. The summed E-state index contributed by atoms with van der Waals surface area (Å²) < 4.78 is 48.9. The van der Waals surface area contributed by atoms with E-state index in [2.05, 4.69) is 5.32 Å². The molecule has 1 amide bonds. The maximum absolute atomic E-state index is 13.0. The number of phenols is 1. The monoisotopic (exact) mass is 411 g/mol. The lowest BCUT2D eigenvalue weighted by atomic mass is 10.1. The second-order valence-electron chi connectivity index (χ2n) is 6.17. The van der Waals surface area contributed by atoms with Gasteiger partial charge in [0.2, 0.25) is 0 Å². The smallest absolute Gasteiger partial charge is 0.418 e. The summed E-state index contributed by atoms with van der Waals surface area (Å²) in [7, 11) is 1.41. The van der Waals surface area contributed by atoms with Gasteiger partial charge in [-0.25, -0.2) is 0 Å².